The molecule has 0 unspecified atom stereocenters. The van der Waals surface area contributed by atoms with Crippen molar-refractivity contribution in [1.82, 2.24) is 4.90 Å². The number of nitrogens with zero attached hydrogens (tertiary/aromatic N) is 1. The van der Waals surface area contributed by atoms with E-state index in [2.05, 4.69) is 0 Å². The Labute approximate surface area is 99.8 Å². The van der Waals surface area contributed by atoms with Crippen LogP contribution in [0.1, 0.15) is 18.0 Å². The van der Waals surface area contributed by atoms with Crippen LogP contribution in [0, 0.1) is 0 Å². The van der Waals surface area contributed by atoms with E-state index in [1.165, 1.54) is 4.90 Å². The molecule has 1 atom stereocenters. The number of carbonyl (C=O) groups excluding carboxylic acids is 1. The van der Waals surface area contributed by atoms with Crippen molar-refractivity contribution in [1.29, 1.82) is 0 Å². The fourth-order valence-corrected chi connectivity index (χ4v) is 1.41. The monoisotopic (exact) mass is 236 g/mol. The lowest BCUT2D eigenvalue weighted by molar-refractivity contribution is -0.138. The zero-order valence-corrected chi connectivity index (χ0v) is 9.67. The molecule has 0 saturated heterocycles. The van der Waals surface area contributed by atoms with E-state index >= 15 is 0 Å². The summed E-state index contributed by atoms with van der Waals surface area (Å²) in [5.41, 5.74) is 6.53. The van der Waals surface area contributed by atoms with Gasteiger partial charge in [0.15, 0.2) is 0 Å². The highest BCUT2D eigenvalue weighted by atomic mass is 16.4. The summed E-state index contributed by atoms with van der Waals surface area (Å²) >= 11 is 0. The van der Waals surface area contributed by atoms with E-state index in [1.807, 2.05) is 6.07 Å². The zero-order chi connectivity index (χ0) is 12.8. The van der Waals surface area contributed by atoms with E-state index in [0.29, 0.717) is 0 Å². The molecule has 0 spiro atoms. The van der Waals surface area contributed by atoms with Gasteiger partial charge in [-0.15, -0.1) is 0 Å². The van der Waals surface area contributed by atoms with Crippen LogP contribution in [0.3, 0.4) is 0 Å². The normalized spacial score (nSPS) is 11.9. The van der Waals surface area contributed by atoms with Crippen LogP contribution < -0.4 is 5.73 Å². The molecule has 0 aromatic heterocycles. The smallest absolute Gasteiger partial charge is 0.305 e. The molecule has 0 aliphatic rings. The quantitative estimate of drug-likeness (QED) is 0.785. The summed E-state index contributed by atoms with van der Waals surface area (Å²) in [6, 6.07) is 8.25. The minimum Gasteiger partial charge on any atom is -0.481 e. The molecule has 5 nitrogen and oxygen atoms in total. The van der Waals surface area contributed by atoms with Gasteiger partial charge < -0.3 is 15.7 Å². The summed E-state index contributed by atoms with van der Waals surface area (Å²) in [4.78, 5) is 23.6. The van der Waals surface area contributed by atoms with Crippen molar-refractivity contribution in [2.45, 2.75) is 12.5 Å². The molecule has 1 aromatic rings. The first-order chi connectivity index (χ1) is 8.02. The van der Waals surface area contributed by atoms with Crippen LogP contribution in [-0.4, -0.2) is 35.5 Å². The molecule has 1 aromatic carbocycles. The van der Waals surface area contributed by atoms with E-state index in [0.717, 1.165) is 5.56 Å². The average molecular weight is 236 g/mol. The Bertz CT molecular complexity index is 392. The Kier molecular flexibility index (Phi) is 4.66. The van der Waals surface area contributed by atoms with Crippen molar-refractivity contribution in [2.24, 2.45) is 5.73 Å². The predicted octanol–water partition coefficient (Wildman–Crippen LogP) is 0.620. The molecule has 0 radical (unpaired) electrons. The molecule has 3 N–H and O–H groups in total. The van der Waals surface area contributed by atoms with Gasteiger partial charge in [-0.1, -0.05) is 30.3 Å². The lowest BCUT2D eigenvalue weighted by atomic mass is 10.1. The Morgan fingerprint density at radius 2 is 1.94 bits per heavy atom. The lowest BCUT2D eigenvalue weighted by Gasteiger charge is -2.20. The van der Waals surface area contributed by atoms with Crippen molar-refractivity contribution < 1.29 is 14.7 Å². The summed E-state index contributed by atoms with van der Waals surface area (Å²) in [5.74, 6) is -1.21. The van der Waals surface area contributed by atoms with Crippen LogP contribution in [0.25, 0.3) is 0 Å². The summed E-state index contributed by atoms with van der Waals surface area (Å²) < 4.78 is 0. The second-order valence-electron chi connectivity index (χ2n) is 3.79. The van der Waals surface area contributed by atoms with Gasteiger partial charge in [0.2, 0.25) is 5.91 Å². The van der Waals surface area contributed by atoms with Crippen LogP contribution in [0.15, 0.2) is 30.3 Å². The van der Waals surface area contributed by atoms with E-state index in [4.69, 9.17) is 10.8 Å². The molecule has 1 rings (SSSR count). The third-order valence-electron chi connectivity index (χ3n) is 2.46. The predicted molar refractivity (Wildman–Crippen MR) is 63.3 cm³/mol. The number of carbonyl (C=O) groups is 2. The molecule has 0 bridgehead atoms. The fraction of sp³-hybridized carbons (Fsp3) is 0.333. The number of rotatable bonds is 5. The van der Waals surface area contributed by atoms with Crippen molar-refractivity contribution >= 4 is 11.9 Å². The fourth-order valence-electron chi connectivity index (χ4n) is 1.41. The highest BCUT2D eigenvalue weighted by Crippen LogP contribution is 2.12. The molecule has 5 heteroatoms. The second kappa shape index (κ2) is 6.00. The van der Waals surface area contributed by atoms with Crippen LogP contribution in [0.2, 0.25) is 0 Å². The first-order valence-electron chi connectivity index (χ1n) is 5.29. The maximum atomic E-state index is 11.9. The number of carboxylic acids is 1. The lowest BCUT2D eigenvalue weighted by Crippen LogP contribution is -2.37. The summed E-state index contributed by atoms with van der Waals surface area (Å²) in [5, 5.41) is 8.53. The zero-order valence-electron chi connectivity index (χ0n) is 9.67. The second-order valence-corrected chi connectivity index (χ2v) is 3.79. The van der Waals surface area contributed by atoms with Crippen LogP contribution in [0.5, 0.6) is 0 Å². The maximum absolute atomic E-state index is 11.9. The summed E-state index contributed by atoms with van der Waals surface area (Å²) in [7, 11) is 1.55. The number of nitrogens with two attached hydrogens (primary N) is 1. The Hall–Kier alpha value is -1.88. The molecule has 1 amide bonds. The van der Waals surface area contributed by atoms with Gasteiger partial charge in [0.1, 0.15) is 6.04 Å². The number of likely N-dealkylation sites (N-methyl/N-ethyl adjacent to an activating group) is 1. The number of hydrogen-bond donors (Lipinski definition) is 2. The van der Waals surface area contributed by atoms with E-state index in [1.54, 1.807) is 31.3 Å². The Morgan fingerprint density at radius 3 is 2.47 bits per heavy atom. The third kappa shape index (κ3) is 3.88. The van der Waals surface area contributed by atoms with Gasteiger partial charge in [-0.05, 0) is 5.56 Å². The van der Waals surface area contributed by atoms with E-state index in [-0.39, 0.29) is 18.9 Å². The van der Waals surface area contributed by atoms with Crippen molar-refractivity contribution in [3.8, 4) is 0 Å². The van der Waals surface area contributed by atoms with Crippen LogP contribution in [-0.2, 0) is 9.59 Å². The van der Waals surface area contributed by atoms with E-state index in [9.17, 15) is 9.59 Å². The number of benzene rings is 1. The Balaban J connectivity index is 2.60. The topological polar surface area (TPSA) is 83.6 Å². The molecular formula is C12H16N2O3. The molecule has 0 fully saturated rings. The summed E-state index contributed by atoms with van der Waals surface area (Å²) in [6.07, 6.45) is -0.0796. The van der Waals surface area contributed by atoms with Gasteiger partial charge in [0.05, 0.1) is 6.42 Å². The Morgan fingerprint density at radius 1 is 1.35 bits per heavy atom. The number of aliphatic carboxylic acids is 1. The standard InChI is InChI=1S/C12H16N2O3/c1-14(8-7-10(15)16)12(17)11(13)9-5-3-2-4-6-9/h2-6,11H,7-8,13H2,1H3,(H,15,16)/t11-/m0/s1. The molecule has 0 aliphatic heterocycles. The van der Waals surface area contributed by atoms with Crippen molar-refractivity contribution in [3.63, 3.8) is 0 Å². The van der Waals surface area contributed by atoms with Gasteiger partial charge in [-0.25, -0.2) is 0 Å². The first kappa shape index (κ1) is 13.2. The van der Waals surface area contributed by atoms with Crippen molar-refractivity contribution in [3.05, 3.63) is 35.9 Å². The number of amides is 1. The highest BCUT2D eigenvalue weighted by Gasteiger charge is 2.19. The SMILES string of the molecule is CN(CCC(=O)O)C(=O)[C@@H](N)c1ccccc1. The van der Waals surface area contributed by atoms with Gasteiger partial charge in [-0.2, -0.15) is 0 Å². The molecule has 0 aliphatic carbocycles. The number of carboxylic acid groups (broad SMARTS) is 1. The van der Waals surface area contributed by atoms with Crippen LogP contribution >= 0.6 is 0 Å². The molecule has 0 heterocycles. The molecule has 92 valence electrons. The largest absolute Gasteiger partial charge is 0.481 e. The van der Waals surface area contributed by atoms with E-state index < -0.39 is 12.0 Å². The van der Waals surface area contributed by atoms with Gasteiger partial charge in [0, 0.05) is 13.6 Å². The third-order valence-corrected chi connectivity index (χ3v) is 2.46. The minimum atomic E-state index is -0.932. The highest BCUT2D eigenvalue weighted by molar-refractivity contribution is 5.83. The number of hydrogen-bond acceptors (Lipinski definition) is 3. The van der Waals surface area contributed by atoms with Crippen LogP contribution in [0.4, 0.5) is 0 Å². The minimum absolute atomic E-state index is 0.0796. The van der Waals surface area contributed by atoms with Gasteiger partial charge in [-0.3, -0.25) is 9.59 Å². The van der Waals surface area contributed by atoms with Gasteiger partial charge in [0.25, 0.3) is 0 Å². The van der Waals surface area contributed by atoms with Gasteiger partial charge >= 0.3 is 5.97 Å². The summed E-state index contributed by atoms with van der Waals surface area (Å²) in [6.45, 7) is 0.161. The molecular weight excluding hydrogens is 220 g/mol. The average Bonchev–Trinajstić information content (AvgIpc) is 2.35. The first-order valence-corrected chi connectivity index (χ1v) is 5.29. The van der Waals surface area contributed by atoms with Crippen molar-refractivity contribution in [2.75, 3.05) is 13.6 Å². The molecule has 17 heavy (non-hydrogen) atoms. The maximum Gasteiger partial charge on any atom is 0.305 e. The molecule has 0 saturated carbocycles.